The van der Waals surface area contributed by atoms with Gasteiger partial charge in [0.15, 0.2) is 5.13 Å². The lowest BCUT2D eigenvalue weighted by molar-refractivity contribution is -0.117. The summed E-state index contributed by atoms with van der Waals surface area (Å²) in [6.07, 6.45) is 0.425. The summed E-state index contributed by atoms with van der Waals surface area (Å²) in [5, 5.41) is 0.775. The molecule has 1 aromatic carbocycles. The van der Waals surface area contributed by atoms with Crippen LogP contribution in [0.5, 0.6) is 0 Å². The van der Waals surface area contributed by atoms with Crippen LogP contribution in [0.15, 0.2) is 12.1 Å². The third-order valence-electron chi connectivity index (χ3n) is 3.46. The molecular weight excluding hydrogens is 246 g/mol. The summed E-state index contributed by atoms with van der Waals surface area (Å²) >= 11 is 1.56. The minimum atomic E-state index is -0.0626. The van der Waals surface area contributed by atoms with Crippen LogP contribution in [0.3, 0.4) is 0 Å². The molecule has 1 unspecified atom stereocenters. The van der Waals surface area contributed by atoms with Crippen LogP contribution in [0.25, 0.3) is 10.2 Å². The van der Waals surface area contributed by atoms with E-state index in [-0.39, 0.29) is 11.9 Å². The topological polar surface area (TPSA) is 59.2 Å². The average Bonchev–Trinajstić information content (AvgIpc) is 2.87. The number of anilines is 1. The molecule has 2 aromatic rings. The Kier molecular flexibility index (Phi) is 2.60. The molecule has 1 aliphatic heterocycles. The molecule has 0 aliphatic carbocycles. The van der Waals surface area contributed by atoms with Gasteiger partial charge in [-0.3, -0.25) is 9.69 Å². The van der Waals surface area contributed by atoms with E-state index in [1.165, 1.54) is 11.1 Å². The van der Waals surface area contributed by atoms with E-state index >= 15 is 0 Å². The first kappa shape index (κ1) is 11.6. The largest absolute Gasteiger partial charge is 0.326 e. The molecule has 0 spiro atoms. The Balaban J connectivity index is 2.09. The second-order valence-electron chi connectivity index (χ2n) is 4.82. The molecule has 2 N–H and O–H groups in total. The Labute approximate surface area is 109 Å². The molecule has 0 radical (unpaired) electrons. The van der Waals surface area contributed by atoms with Gasteiger partial charge in [0.2, 0.25) is 5.91 Å². The predicted molar refractivity (Wildman–Crippen MR) is 74.0 cm³/mol. The van der Waals surface area contributed by atoms with E-state index < -0.39 is 0 Å². The summed E-state index contributed by atoms with van der Waals surface area (Å²) in [6, 6.07) is 4.10. The van der Waals surface area contributed by atoms with Gasteiger partial charge in [0, 0.05) is 19.0 Å². The number of fused-ring (bicyclic) bond motifs is 1. The van der Waals surface area contributed by atoms with Crippen LogP contribution in [-0.2, 0) is 4.79 Å². The first-order valence-electron chi connectivity index (χ1n) is 5.99. The van der Waals surface area contributed by atoms with Gasteiger partial charge in [0.25, 0.3) is 0 Å². The van der Waals surface area contributed by atoms with Gasteiger partial charge in [-0.1, -0.05) is 17.4 Å². The highest BCUT2D eigenvalue weighted by Crippen LogP contribution is 2.33. The van der Waals surface area contributed by atoms with Crippen molar-refractivity contribution in [3.63, 3.8) is 0 Å². The Bertz CT molecular complexity index is 634. The van der Waals surface area contributed by atoms with Crippen molar-refractivity contribution in [1.29, 1.82) is 0 Å². The molecule has 5 heteroatoms. The van der Waals surface area contributed by atoms with Gasteiger partial charge >= 0.3 is 0 Å². The number of rotatable bonds is 1. The molecule has 1 atom stereocenters. The molecule has 18 heavy (non-hydrogen) atoms. The fraction of sp³-hybridized carbons (Fsp3) is 0.385. The number of benzene rings is 1. The standard InChI is InChI=1S/C13H15N3OS/c1-7-3-4-10-12(8(7)2)15-13(18-10)16-6-9(14)5-11(16)17/h3-4,9H,5-6,14H2,1-2H3. The molecule has 1 fully saturated rings. The normalized spacial score (nSPS) is 20.1. The van der Waals surface area contributed by atoms with E-state index in [0.717, 1.165) is 15.3 Å². The minimum Gasteiger partial charge on any atom is -0.326 e. The van der Waals surface area contributed by atoms with Crippen molar-refractivity contribution >= 4 is 32.6 Å². The Hall–Kier alpha value is -1.46. The van der Waals surface area contributed by atoms with Gasteiger partial charge in [0.05, 0.1) is 10.2 Å². The van der Waals surface area contributed by atoms with Crippen molar-refractivity contribution in [1.82, 2.24) is 4.98 Å². The van der Waals surface area contributed by atoms with Crippen molar-refractivity contribution in [3.05, 3.63) is 23.3 Å². The molecular formula is C13H15N3OS. The zero-order chi connectivity index (χ0) is 12.9. The first-order valence-corrected chi connectivity index (χ1v) is 6.80. The van der Waals surface area contributed by atoms with Gasteiger partial charge in [0.1, 0.15) is 0 Å². The Morgan fingerprint density at radius 3 is 2.89 bits per heavy atom. The summed E-state index contributed by atoms with van der Waals surface area (Å²) < 4.78 is 1.13. The zero-order valence-corrected chi connectivity index (χ0v) is 11.3. The number of hydrogen-bond donors (Lipinski definition) is 1. The monoisotopic (exact) mass is 261 g/mol. The third-order valence-corrected chi connectivity index (χ3v) is 4.50. The lowest BCUT2D eigenvalue weighted by Gasteiger charge is -2.10. The maximum atomic E-state index is 11.8. The van der Waals surface area contributed by atoms with Crippen molar-refractivity contribution < 1.29 is 4.79 Å². The molecule has 1 saturated heterocycles. The smallest absolute Gasteiger partial charge is 0.230 e. The van der Waals surface area contributed by atoms with Crippen molar-refractivity contribution in [2.45, 2.75) is 26.3 Å². The summed E-state index contributed by atoms with van der Waals surface area (Å²) in [6.45, 7) is 4.72. The number of nitrogens with zero attached hydrogens (tertiary/aromatic N) is 2. The summed E-state index contributed by atoms with van der Waals surface area (Å²) in [4.78, 5) is 18.1. The van der Waals surface area contributed by atoms with Gasteiger partial charge in [-0.25, -0.2) is 4.98 Å². The lowest BCUT2D eigenvalue weighted by Crippen LogP contribution is -2.27. The van der Waals surface area contributed by atoms with Crippen LogP contribution >= 0.6 is 11.3 Å². The number of aryl methyl sites for hydroxylation is 2. The van der Waals surface area contributed by atoms with E-state index in [0.29, 0.717) is 13.0 Å². The van der Waals surface area contributed by atoms with E-state index in [1.807, 2.05) is 0 Å². The molecule has 0 bridgehead atoms. The molecule has 3 rings (SSSR count). The number of carbonyl (C=O) groups is 1. The number of amides is 1. The number of aromatic nitrogens is 1. The SMILES string of the molecule is Cc1ccc2sc(N3CC(N)CC3=O)nc2c1C. The van der Waals surface area contributed by atoms with Gasteiger partial charge in [-0.15, -0.1) is 0 Å². The van der Waals surface area contributed by atoms with E-state index in [4.69, 9.17) is 5.73 Å². The number of carbonyl (C=O) groups excluding carboxylic acids is 1. The summed E-state index contributed by atoms with van der Waals surface area (Å²) in [5.41, 5.74) is 9.23. The number of thiazole rings is 1. The van der Waals surface area contributed by atoms with Crippen LogP contribution in [-0.4, -0.2) is 23.5 Å². The predicted octanol–water partition coefficient (Wildman–Crippen LogP) is 1.98. The van der Waals surface area contributed by atoms with Crippen LogP contribution in [0, 0.1) is 13.8 Å². The lowest BCUT2D eigenvalue weighted by atomic mass is 10.1. The second-order valence-corrected chi connectivity index (χ2v) is 5.83. The van der Waals surface area contributed by atoms with E-state index in [2.05, 4.69) is 31.0 Å². The maximum absolute atomic E-state index is 11.8. The van der Waals surface area contributed by atoms with Crippen molar-refractivity contribution in [2.75, 3.05) is 11.4 Å². The summed E-state index contributed by atoms with van der Waals surface area (Å²) in [7, 11) is 0. The third kappa shape index (κ3) is 1.71. The second kappa shape index (κ2) is 4.03. The molecule has 1 aliphatic rings. The van der Waals surface area contributed by atoms with Crippen molar-refractivity contribution in [2.24, 2.45) is 5.73 Å². The number of nitrogens with two attached hydrogens (primary N) is 1. The highest BCUT2D eigenvalue weighted by atomic mass is 32.1. The number of hydrogen-bond acceptors (Lipinski definition) is 4. The molecule has 1 aromatic heterocycles. The van der Waals surface area contributed by atoms with Crippen LogP contribution < -0.4 is 10.6 Å². The Morgan fingerprint density at radius 1 is 1.44 bits per heavy atom. The maximum Gasteiger partial charge on any atom is 0.230 e. The van der Waals surface area contributed by atoms with Gasteiger partial charge < -0.3 is 5.73 Å². The van der Waals surface area contributed by atoms with Gasteiger partial charge in [-0.2, -0.15) is 0 Å². The summed E-state index contributed by atoms with van der Waals surface area (Å²) in [5.74, 6) is 0.0796. The first-order chi connectivity index (χ1) is 8.56. The van der Waals surface area contributed by atoms with Gasteiger partial charge in [-0.05, 0) is 31.0 Å². The fourth-order valence-corrected chi connectivity index (χ4v) is 3.30. The highest BCUT2D eigenvalue weighted by Gasteiger charge is 2.30. The molecule has 1 amide bonds. The molecule has 2 heterocycles. The van der Waals surface area contributed by atoms with E-state index in [9.17, 15) is 4.79 Å². The molecule has 4 nitrogen and oxygen atoms in total. The molecule has 0 saturated carbocycles. The quantitative estimate of drug-likeness (QED) is 0.854. The van der Waals surface area contributed by atoms with Crippen LogP contribution in [0.4, 0.5) is 5.13 Å². The zero-order valence-electron chi connectivity index (χ0n) is 10.4. The van der Waals surface area contributed by atoms with Crippen molar-refractivity contribution in [3.8, 4) is 0 Å². The van der Waals surface area contributed by atoms with Crippen LogP contribution in [0.2, 0.25) is 0 Å². The van der Waals surface area contributed by atoms with Crippen LogP contribution in [0.1, 0.15) is 17.5 Å². The fourth-order valence-electron chi connectivity index (χ4n) is 2.25. The van der Waals surface area contributed by atoms with E-state index in [1.54, 1.807) is 16.2 Å². The average molecular weight is 261 g/mol. The molecule has 94 valence electrons. The minimum absolute atomic E-state index is 0.0626. The highest BCUT2D eigenvalue weighted by molar-refractivity contribution is 7.22. The Morgan fingerprint density at radius 2 is 2.22 bits per heavy atom.